The molecule has 6 unspecified atom stereocenters. The summed E-state index contributed by atoms with van der Waals surface area (Å²) in [5.41, 5.74) is 0.237. The lowest BCUT2D eigenvalue weighted by atomic mass is 9.60. The van der Waals surface area contributed by atoms with E-state index >= 15 is 0 Å². The number of rotatable bonds is 9. The molecular weight excluding hydrogens is 496 g/mol. The zero-order valence-corrected chi connectivity index (χ0v) is 24.8. The third-order valence-electron chi connectivity index (χ3n) is 11.3. The van der Waals surface area contributed by atoms with E-state index in [4.69, 9.17) is 14.7 Å². The van der Waals surface area contributed by atoms with Gasteiger partial charge in [-0.3, -0.25) is 14.8 Å². The van der Waals surface area contributed by atoms with Gasteiger partial charge in [0.25, 0.3) is 0 Å². The molecule has 0 bridgehead atoms. The Balaban J connectivity index is 1.22. The number of hydrogen-bond donors (Lipinski definition) is 2. The molecule has 39 heavy (non-hydrogen) atoms. The van der Waals surface area contributed by atoms with Gasteiger partial charge in [-0.1, -0.05) is 27.7 Å². The van der Waals surface area contributed by atoms with Crippen molar-refractivity contribution in [2.75, 3.05) is 6.61 Å². The summed E-state index contributed by atoms with van der Waals surface area (Å²) >= 11 is 0. The largest absolute Gasteiger partial charge is 0.481 e. The van der Waals surface area contributed by atoms with E-state index in [1.165, 1.54) is 19.3 Å². The molecule has 0 aromatic rings. The standard InChI is InChI=1S/C32H54O7/c1-20-6-16-29(22(17-20)19-37-36)38-25-11-7-23(8-12-25)32(3,4)24-9-13-26(14-10-24)39-31(35)27-15-5-21(2)18-28(27)30(33)34/h20-29,36H,5-19H2,1-4H3,(H,33,34). The molecule has 7 heteroatoms. The summed E-state index contributed by atoms with van der Waals surface area (Å²) in [5, 5.41) is 18.7. The Kier molecular flexibility index (Phi) is 10.8. The average Bonchev–Trinajstić information content (AvgIpc) is 2.91. The molecule has 4 saturated carbocycles. The summed E-state index contributed by atoms with van der Waals surface area (Å²) in [4.78, 5) is 29.2. The van der Waals surface area contributed by atoms with Crippen LogP contribution in [-0.4, -0.2) is 47.2 Å². The molecule has 0 aromatic heterocycles. The monoisotopic (exact) mass is 550 g/mol. The molecule has 4 rings (SSSR count). The molecule has 224 valence electrons. The summed E-state index contributed by atoms with van der Waals surface area (Å²) in [6.07, 6.45) is 14.3. The van der Waals surface area contributed by atoms with Gasteiger partial charge in [0.2, 0.25) is 0 Å². The summed E-state index contributed by atoms with van der Waals surface area (Å²) in [5.74, 6) is 0.347. The van der Waals surface area contributed by atoms with E-state index in [0.29, 0.717) is 49.2 Å². The van der Waals surface area contributed by atoms with E-state index in [-0.39, 0.29) is 29.5 Å². The Hall–Kier alpha value is -1.18. The Morgan fingerprint density at radius 1 is 0.744 bits per heavy atom. The molecule has 0 amide bonds. The molecule has 4 aliphatic carbocycles. The third kappa shape index (κ3) is 7.77. The number of carbonyl (C=O) groups is 2. The first-order chi connectivity index (χ1) is 18.6. The number of carbonyl (C=O) groups excluding carboxylic acids is 1. The van der Waals surface area contributed by atoms with Crippen LogP contribution in [0, 0.1) is 46.8 Å². The highest BCUT2D eigenvalue weighted by Crippen LogP contribution is 2.49. The Morgan fingerprint density at radius 2 is 1.31 bits per heavy atom. The summed E-state index contributed by atoms with van der Waals surface area (Å²) in [6.45, 7) is 9.59. The molecule has 0 spiro atoms. The van der Waals surface area contributed by atoms with Crippen LogP contribution in [0.4, 0.5) is 0 Å². The number of hydrogen-bond acceptors (Lipinski definition) is 6. The number of ether oxygens (including phenoxy) is 2. The van der Waals surface area contributed by atoms with Crippen molar-refractivity contribution < 1.29 is 34.3 Å². The Bertz CT molecular complexity index is 796. The zero-order valence-electron chi connectivity index (χ0n) is 24.8. The van der Waals surface area contributed by atoms with Crippen LogP contribution in [0.15, 0.2) is 0 Å². The highest BCUT2D eigenvalue weighted by molar-refractivity contribution is 5.81. The fourth-order valence-electron chi connectivity index (χ4n) is 8.56. The van der Waals surface area contributed by atoms with Gasteiger partial charge in [0.1, 0.15) is 6.10 Å². The maximum atomic E-state index is 12.9. The maximum Gasteiger partial charge on any atom is 0.310 e. The SMILES string of the molecule is CC1CCC(OC2CCC(C(C)(C)C3CCC(OC(=O)C4CCC(C)CC4C(=O)O)CC3)CC2)C(COO)C1. The second-order valence-corrected chi connectivity index (χ2v) is 14.3. The molecule has 4 aliphatic rings. The second kappa shape index (κ2) is 13.7. The second-order valence-electron chi connectivity index (χ2n) is 14.3. The maximum absolute atomic E-state index is 12.9. The number of aliphatic carboxylic acids is 1. The first-order valence-electron chi connectivity index (χ1n) is 15.9. The molecule has 4 fully saturated rings. The van der Waals surface area contributed by atoms with Crippen molar-refractivity contribution in [1.82, 2.24) is 0 Å². The van der Waals surface area contributed by atoms with Crippen molar-refractivity contribution in [3.05, 3.63) is 0 Å². The molecule has 0 aromatic carbocycles. The van der Waals surface area contributed by atoms with Crippen molar-refractivity contribution in [2.24, 2.45) is 46.8 Å². The summed E-state index contributed by atoms with van der Waals surface area (Å²) in [6, 6.07) is 0. The number of carboxylic acid groups (broad SMARTS) is 1. The molecule has 0 saturated heterocycles. The molecule has 7 nitrogen and oxygen atoms in total. The normalized spacial score (nSPS) is 40.1. The van der Waals surface area contributed by atoms with E-state index < -0.39 is 17.8 Å². The molecule has 2 N–H and O–H groups in total. The molecule has 0 radical (unpaired) electrons. The third-order valence-corrected chi connectivity index (χ3v) is 11.3. The lowest BCUT2D eigenvalue weighted by Gasteiger charge is -2.47. The van der Waals surface area contributed by atoms with E-state index in [0.717, 1.165) is 57.8 Å². The van der Waals surface area contributed by atoms with Crippen molar-refractivity contribution in [3.63, 3.8) is 0 Å². The highest BCUT2D eigenvalue weighted by atomic mass is 17.1. The Labute approximate surface area is 235 Å². The lowest BCUT2D eigenvalue weighted by molar-refractivity contribution is -0.262. The van der Waals surface area contributed by atoms with Gasteiger partial charge < -0.3 is 14.6 Å². The van der Waals surface area contributed by atoms with Crippen LogP contribution in [0.2, 0.25) is 0 Å². The van der Waals surface area contributed by atoms with E-state index in [2.05, 4.69) is 32.6 Å². The van der Waals surface area contributed by atoms with Crippen molar-refractivity contribution in [1.29, 1.82) is 0 Å². The average molecular weight is 551 g/mol. The van der Waals surface area contributed by atoms with Crippen molar-refractivity contribution in [3.8, 4) is 0 Å². The smallest absolute Gasteiger partial charge is 0.310 e. The van der Waals surface area contributed by atoms with Crippen LogP contribution >= 0.6 is 0 Å². The first-order valence-corrected chi connectivity index (χ1v) is 15.9. The number of esters is 1. The van der Waals surface area contributed by atoms with Crippen LogP contribution in [-0.2, 0) is 24.0 Å². The van der Waals surface area contributed by atoms with Crippen LogP contribution in [0.25, 0.3) is 0 Å². The van der Waals surface area contributed by atoms with Gasteiger partial charge in [0, 0.05) is 5.92 Å². The minimum Gasteiger partial charge on any atom is -0.481 e. The van der Waals surface area contributed by atoms with Gasteiger partial charge in [0.05, 0.1) is 30.7 Å². The van der Waals surface area contributed by atoms with E-state index in [9.17, 15) is 14.7 Å². The van der Waals surface area contributed by atoms with Crippen LogP contribution in [0.3, 0.4) is 0 Å². The fourth-order valence-corrected chi connectivity index (χ4v) is 8.56. The minimum absolute atomic E-state index is 0.0726. The lowest BCUT2D eigenvalue weighted by Crippen LogP contribution is -2.42. The zero-order chi connectivity index (χ0) is 28.2. The van der Waals surface area contributed by atoms with E-state index in [1.54, 1.807) is 0 Å². The fraction of sp³-hybridized carbons (Fsp3) is 0.938. The van der Waals surface area contributed by atoms with Gasteiger partial charge in [-0.05, 0) is 119 Å². The van der Waals surface area contributed by atoms with Crippen molar-refractivity contribution >= 4 is 11.9 Å². The molecular formula is C32H54O7. The van der Waals surface area contributed by atoms with Gasteiger partial charge in [-0.2, -0.15) is 0 Å². The van der Waals surface area contributed by atoms with Crippen LogP contribution in [0.5, 0.6) is 0 Å². The van der Waals surface area contributed by atoms with Crippen LogP contribution in [0.1, 0.15) is 118 Å². The predicted octanol–water partition coefficient (Wildman–Crippen LogP) is 7.12. The van der Waals surface area contributed by atoms with Gasteiger partial charge in [-0.25, -0.2) is 4.89 Å². The predicted molar refractivity (Wildman–Crippen MR) is 149 cm³/mol. The van der Waals surface area contributed by atoms with Crippen molar-refractivity contribution in [2.45, 2.75) is 136 Å². The molecule has 6 atom stereocenters. The quantitative estimate of drug-likeness (QED) is 0.179. The molecule has 0 aliphatic heterocycles. The first kappa shape index (κ1) is 30.8. The van der Waals surface area contributed by atoms with E-state index in [1.807, 2.05) is 0 Å². The van der Waals surface area contributed by atoms with Crippen LogP contribution < -0.4 is 0 Å². The molecule has 0 heterocycles. The summed E-state index contributed by atoms with van der Waals surface area (Å²) in [7, 11) is 0. The topological polar surface area (TPSA) is 102 Å². The highest BCUT2D eigenvalue weighted by Gasteiger charge is 2.43. The minimum atomic E-state index is -0.860. The summed E-state index contributed by atoms with van der Waals surface area (Å²) < 4.78 is 12.5. The van der Waals surface area contributed by atoms with Gasteiger partial charge in [-0.15, -0.1) is 0 Å². The Morgan fingerprint density at radius 3 is 1.90 bits per heavy atom. The van der Waals surface area contributed by atoms with Gasteiger partial charge >= 0.3 is 11.9 Å². The van der Waals surface area contributed by atoms with Gasteiger partial charge in [0.15, 0.2) is 0 Å². The number of carboxylic acids is 1.